The minimum Gasteiger partial charge on any atom is -0.489 e. The fourth-order valence-electron chi connectivity index (χ4n) is 2.49. The molecule has 0 spiro atoms. The minimum atomic E-state index is -0.418. The minimum absolute atomic E-state index is 0.316. The van der Waals surface area contributed by atoms with Gasteiger partial charge in [0.1, 0.15) is 23.9 Å². The molecule has 0 radical (unpaired) electrons. The molecule has 0 saturated heterocycles. The average molecular weight is 410 g/mol. The van der Waals surface area contributed by atoms with Gasteiger partial charge in [0.15, 0.2) is 0 Å². The van der Waals surface area contributed by atoms with E-state index in [0.29, 0.717) is 41.0 Å². The summed E-state index contributed by atoms with van der Waals surface area (Å²) in [6, 6.07) is 16.3. The number of rotatable bonds is 8. The van der Waals surface area contributed by atoms with Crippen LogP contribution in [0.4, 0.5) is 0 Å². The SMILES string of the molecule is CCOC(=O)/C=C/c1ccc(OCc2cccnc2)cc1Oc1cccc(Cl)c1. The lowest BCUT2D eigenvalue weighted by atomic mass is 10.1. The third kappa shape index (κ3) is 6.36. The highest BCUT2D eigenvalue weighted by atomic mass is 35.5. The largest absolute Gasteiger partial charge is 0.489 e. The van der Waals surface area contributed by atoms with Crippen molar-refractivity contribution in [3.63, 3.8) is 0 Å². The molecule has 0 atom stereocenters. The van der Waals surface area contributed by atoms with Crippen molar-refractivity contribution in [2.75, 3.05) is 6.61 Å². The smallest absolute Gasteiger partial charge is 0.330 e. The van der Waals surface area contributed by atoms with Crippen LogP contribution >= 0.6 is 11.6 Å². The molecular weight excluding hydrogens is 390 g/mol. The van der Waals surface area contributed by atoms with Gasteiger partial charge in [-0.2, -0.15) is 0 Å². The van der Waals surface area contributed by atoms with Crippen molar-refractivity contribution < 1.29 is 19.0 Å². The molecule has 6 heteroatoms. The van der Waals surface area contributed by atoms with Crippen molar-refractivity contribution in [2.45, 2.75) is 13.5 Å². The molecule has 2 aromatic carbocycles. The molecule has 0 aliphatic carbocycles. The molecule has 1 aromatic heterocycles. The van der Waals surface area contributed by atoms with Crippen LogP contribution in [0, 0.1) is 0 Å². The fraction of sp³-hybridized carbons (Fsp3) is 0.130. The Morgan fingerprint density at radius 2 is 2.00 bits per heavy atom. The number of ether oxygens (including phenoxy) is 3. The summed E-state index contributed by atoms with van der Waals surface area (Å²) in [6.45, 7) is 2.45. The van der Waals surface area contributed by atoms with Crippen LogP contribution in [-0.4, -0.2) is 17.6 Å². The highest BCUT2D eigenvalue weighted by molar-refractivity contribution is 6.30. The Hall–Kier alpha value is -3.31. The van der Waals surface area contributed by atoms with Gasteiger partial charge in [0.05, 0.1) is 6.61 Å². The van der Waals surface area contributed by atoms with E-state index in [0.717, 1.165) is 5.56 Å². The summed E-state index contributed by atoms with van der Waals surface area (Å²) in [4.78, 5) is 15.7. The van der Waals surface area contributed by atoms with Gasteiger partial charge in [-0.25, -0.2) is 4.79 Å². The first-order chi connectivity index (χ1) is 14.1. The summed E-state index contributed by atoms with van der Waals surface area (Å²) in [6.07, 6.45) is 6.47. The van der Waals surface area contributed by atoms with E-state index in [2.05, 4.69) is 4.98 Å². The van der Waals surface area contributed by atoms with Gasteiger partial charge in [0.25, 0.3) is 0 Å². The van der Waals surface area contributed by atoms with Crippen molar-refractivity contribution in [2.24, 2.45) is 0 Å². The Bertz CT molecular complexity index is 989. The van der Waals surface area contributed by atoms with E-state index in [1.54, 1.807) is 55.7 Å². The van der Waals surface area contributed by atoms with E-state index in [-0.39, 0.29) is 0 Å². The van der Waals surface area contributed by atoms with Crippen LogP contribution in [-0.2, 0) is 16.1 Å². The molecule has 3 aromatic rings. The topological polar surface area (TPSA) is 57.7 Å². The van der Waals surface area contributed by atoms with E-state index >= 15 is 0 Å². The van der Waals surface area contributed by atoms with Crippen LogP contribution < -0.4 is 9.47 Å². The highest BCUT2D eigenvalue weighted by Gasteiger charge is 2.08. The number of esters is 1. The van der Waals surface area contributed by atoms with Gasteiger partial charge in [0.2, 0.25) is 0 Å². The van der Waals surface area contributed by atoms with E-state index in [1.165, 1.54) is 6.08 Å². The zero-order valence-electron chi connectivity index (χ0n) is 15.9. The molecule has 0 aliphatic heterocycles. The van der Waals surface area contributed by atoms with Crippen molar-refractivity contribution in [1.82, 2.24) is 4.98 Å². The molecule has 0 N–H and O–H groups in total. The Balaban J connectivity index is 1.83. The Labute approximate surface area is 174 Å². The predicted molar refractivity (Wildman–Crippen MR) is 112 cm³/mol. The molecule has 3 rings (SSSR count). The predicted octanol–water partition coefficient (Wildman–Crippen LogP) is 5.68. The summed E-state index contributed by atoms with van der Waals surface area (Å²) in [5.41, 5.74) is 1.66. The Morgan fingerprint density at radius 3 is 2.76 bits per heavy atom. The van der Waals surface area contributed by atoms with Gasteiger partial charge >= 0.3 is 5.97 Å². The summed E-state index contributed by atoms with van der Waals surface area (Å²) in [5.74, 6) is 1.31. The van der Waals surface area contributed by atoms with Crippen LogP contribution in [0.25, 0.3) is 6.08 Å². The maximum Gasteiger partial charge on any atom is 0.330 e. The first-order valence-corrected chi connectivity index (χ1v) is 9.46. The van der Waals surface area contributed by atoms with Crippen molar-refractivity contribution in [3.05, 3.63) is 89.2 Å². The molecule has 148 valence electrons. The normalized spacial score (nSPS) is 10.7. The summed E-state index contributed by atoms with van der Waals surface area (Å²) >= 11 is 6.05. The second-order valence-corrected chi connectivity index (χ2v) is 6.43. The number of benzene rings is 2. The second-order valence-electron chi connectivity index (χ2n) is 5.99. The first-order valence-electron chi connectivity index (χ1n) is 9.08. The van der Waals surface area contributed by atoms with E-state index < -0.39 is 5.97 Å². The summed E-state index contributed by atoms with van der Waals surface area (Å²) < 4.78 is 16.8. The number of halogens is 1. The number of nitrogens with zero attached hydrogens (tertiary/aromatic N) is 1. The van der Waals surface area contributed by atoms with Crippen LogP contribution in [0.2, 0.25) is 5.02 Å². The molecular formula is C23H20ClNO4. The van der Waals surface area contributed by atoms with Gasteiger partial charge < -0.3 is 14.2 Å². The van der Waals surface area contributed by atoms with Crippen LogP contribution in [0.1, 0.15) is 18.1 Å². The Kier molecular flexibility index (Phi) is 7.25. The van der Waals surface area contributed by atoms with Gasteiger partial charge in [-0.05, 0) is 49.4 Å². The number of carbonyl (C=O) groups excluding carboxylic acids is 1. The monoisotopic (exact) mass is 409 g/mol. The zero-order chi connectivity index (χ0) is 20.5. The fourth-order valence-corrected chi connectivity index (χ4v) is 2.67. The third-order valence-electron chi connectivity index (χ3n) is 3.82. The van der Waals surface area contributed by atoms with Crippen molar-refractivity contribution in [1.29, 1.82) is 0 Å². The lowest BCUT2D eigenvalue weighted by Gasteiger charge is -2.12. The number of aromatic nitrogens is 1. The maximum absolute atomic E-state index is 11.7. The number of carbonyl (C=O) groups is 1. The van der Waals surface area contributed by atoms with E-state index in [1.807, 2.05) is 24.3 Å². The lowest BCUT2D eigenvalue weighted by Crippen LogP contribution is -1.99. The zero-order valence-corrected chi connectivity index (χ0v) is 16.6. The number of hydrogen-bond donors (Lipinski definition) is 0. The van der Waals surface area contributed by atoms with Gasteiger partial charge in [0, 0.05) is 40.7 Å². The quantitative estimate of drug-likeness (QED) is 0.353. The molecule has 5 nitrogen and oxygen atoms in total. The van der Waals surface area contributed by atoms with E-state index in [9.17, 15) is 4.79 Å². The number of pyridine rings is 1. The first kappa shape index (κ1) is 20.4. The number of hydrogen-bond acceptors (Lipinski definition) is 5. The van der Waals surface area contributed by atoms with Gasteiger partial charge in [-0.15, -0.1) is 0 Å². The molecule has 0 fully saturated rings. The maximum atomic E-state index is 11.7. The molecule has 0 unspecified atom stereocenters. The van der Waals surface area contributed by atoms with Crippen LogP contribution in [0.5, 0.6) is 17.2 Å². The molecule has 0 amide bonds. The van der Waals surface area contributed by atoms with Gasteiger partial charge in [-0.1, -0.05) is 23.7 Å². The molecule has 29 heavy (non-hydrogen) atoms. The highest BCUT2D eigenvalue weighted by Crippen LogP contribution is 2.32. The molecule has 1 heterocycles. The average Bonchev–Trinajstić information content (AvgIpc) is 2.72. The third-order valence-corrected chi connectivity index (χ3v) is 4.06. The molecule has 0 bridgehead atoms. The van der Waals surface area contributed by atoms with Crippen LogP contribution in [0.15, 0.2) is 73.1 Å². The van der Waals surface area contributed by atoms with Crippen molar-refractivity contribution in [3.8, 4) is 17.2 Å². The van der Waals surface area contributed by atoms with Gasteiger partial charge in [-0.3, -0.25) is 4.98 Å². The Morgan fingerprint density at radius 1 is 1.10 bits per heavy atom. The van der Waals surface area contributed by atoms with Crippen LogP contribution in [0.3, 0.4) is 0 Å². The second kappa shape index (κ2) is 10.3. The standard InChI is InChI=1S/C23H20ClNO4/c1-2-27-23(26)11-9-18-8-10-20(28-16-17-5-4-12-25-15-17)14-22(18)29-21-7-3-6-19(24)13-21/h3-15H,2,16H2,1H3/b11-9+. The molecule has 0 aliphatic rings. The lowest BCUT2D eigenvalue weighted by molar-refractivity contribution is -0.137. The molecule has 0 saturated carbocycles. The summed E-state index contributed by atoms with van der Waals surface area (Å²) in [7, 11) is 0. The van der Waals surface area contributed by atoms with Crippen molar-refractivity contribution >= 4 is 23.6 Å². The van der Waals surface area contributed by atoms with E-state index in [4.69, 9.17) is 25.8 Å². The summed E-state index contributed by atoms with van der Waals surface area (Å²) in [5, 5.41) is 0.565.